The van der Waals surface area contributed by atoms with E-state index in [0.29, 0.717) is 13.1 Å². The molecule has 0 aliphatic heterocycles. The van der Waals surface area contributed by atoms with Crippen molar-refractivity contribution >= 4 is 6.03 Å². The van der Waals surface area contributed by atoms with E-state index >= 15 is 0 Å². The van der Waals surface area contributed by atoms with Gasteiger partial charge in [-0.1, -0.05) is 12.1 Å². The third kappa shape index (κ3) is 3.85. The van der Waals surface area contributed by atoms with Crippen molar-refractivity contribution in [2.75, 3.05) is 0 Å². The van der Waals surface area contributed by atoms with Crippen LogP contribution in [0.15, 0.2) is 34.7 Å². The number of rotatable bonds is 4. The molecule has 106 valence electrons. The molecule has 2 rings (SSSR count). The first-order chi connectivity index (χ1) is 9.54. The topological polar surface area (TPSA) is 54.3 Å². The normalized spacial score (nSPS) is 10.3. The zero-order chi connectivity index (χ0) is 14.5. The van der Waals surface area contributed by atoms with Crippen LogP contribution in [0.2, 0.25) is 0 Å². The Bertz CT molecular complexity index is 590. The molecule has 0 radical (unpaired) electrons. The summed E-state index contributed by atoms with van der Waals surface area (Å²) in [5, 5.41) is 5.46. The molecule has 20 heavy (non-hydrogen) atoms. The molecule has 1 aromatic heterocycles. The van der Waals surface area contributed by atoms with Gasteiger partial charge in [0.25, 0.3) is 0 Å². The molecule has 2 aromatic rings. The Morgan fingerprint density at radius 1 is 1.15 bits per heavy atom. The van der Waals surface area contributed by atoms with Crippen molar-refractivity contribution < 1.29 is 13.6 Å². The lowest BCUT2D eigenvalue weighted by molar-refractivity contribution is 0.240. The highest BCUT2D eigenvalue weighted by Crippen LogP contribution is 2.12. The van der Waals surface area contributed by atoms with Gasteiger partial charge in [-0.15, -0.1) is 0 Å². The molecule has 4 nitrogen and oxygen atoms in total. The second kappa shape index (κ2) is 6.23. The van der Waals surface area contributed by atoms with Crippen molar-refractivity contribution in [2.24, 2.45) is 0 Å². The van der Waals surface area contributed by atoms with Crippen molar-refractivity contribution in [2.45, 2.75) is 26.9 Å². The van der Waals surface area contributed by atoms with Crippen molar-refractivity contribution in [3.05, 3.63) is 58.8 Å². The van der Waals surface area contributed by atoms with Crippen LogP contribution < -0.4 is 10.6 Å². The Morgan fingerprint density at radius 3 is 2.40 bits per heavy atom. The molecule has 0 bridgehead atoms. The molecular formula is C15H17FN2O2. The van der Waals surface area contributed by atoms with Crippen molar-refractivity contribution in [1.82, 2.24) is 10.6 Å². The summed E-state index contributed by atoms with van der Waals surface area (Å²) in [5.41, 5.74) is 1.80. The number of amides is 2. The number of hydrogen-bond acceptors (Lipinski definition) is 2. The fourth-order valence-corrected chi connectivity index (χ4v) is 1.88. The minimum atomic E-state index is -0.288. The molecule has 0 fully saturated rings. The van der Waals surface area contributed by atoms with E-state index in [1.54, 1.807) is 12.1 Å². The van der Waals surface area contributed by atoms with Crippen molar-refractivity contribution in [3.8, 4) is 0 Å². The van der Waals surface area contributed by atoms with E-state index in [0.717, 1.165) is 22.6 Å². The van der Waals surface area contributed by atoms with Crippen LogP contribution in [0.3, 0.4) is 0 Å². The third-order valence-electron chi connectivity index (χ3n) is 2.95. The molecule has 0 spiro atoms. The standard InChI is InChI=1S/C15H17FN2O2/c1-10-7-13(11(2)20-10)9-18-15(19)17-8-12-3-5-14(16)6-4-12/h3-7H,8-9H2,1-2H3,(H2,17,18,19). The zero-order valence-electron chi connectivity index (χ0n) is 11.5. The van der Waals surface area contributed by atoms with E-state index in [2.05, 4.69) is 10.6 Å². The summed E-state index contributed by atoms with van der Waals surface area (Å²) >= 11 is 0. The highest BCUT2D eigenvalue weighted by molar-refractivity contribution is 5.73. The van der Waals surface area contributed by atoms with Gasteiger partial charge in [0.2, 0.25) is 0 Å². The first kappa shape index (κ1) is 14.1. The number of benzene rings is 1. The third-order valence-corrected chi connectivity index (χ3v) is 2.95. The van der Waals surface area contributed by atoms with E-state index in [1.165, 1.54) is 12.1 Å². The number of halogens is 1. The number of urea groups is 1. The summed E-state index contributed by atoms with van der Waals surface area (Å²) in [6.45, 7) is 4.50. The molecule has 0 aliphatic carbocycles. The van der Waals surface area contributed by atoms with Gasteiger partial charge in [-0.2, -0.15) is 0 Å². The van der Waals surface area contributed by atoms with Crippen molar-refractivity contribution in [3.63, 3.8) is 0 Å². The fourth-order valence-electron chi connectivity index (χ4n) is 1.88. The van der Waals surface area contributed by atoms with E-state index in [9.17, 15) is 9.18 Å². The maximum absolute atomic E-state index is 12.7. The van der Waals surface area contributed by atoms with E-state index in [1.807, 2.05) is 19.9 Å². The van der Waals surface area contributed by atoms with Gasteiger partial charge in [0, 0.05) is 18.7 Å². The molecule has 0 saturated carbocycles. The van der Waals surface area contributed by atoms with Gasteiger partial charge in [-0.25, -0.2) is 9.18 Å². The number of carbonyl (C=O) groups is 1. The first-order valence-electron chi connectivity index (χ1n) is 6.36. The first-order valence-corrected chi connectivity index (χ1v) is 6.36. The van der Waals surface area contributed by atoms with Gasteiger partial charge in [-0.05, 0) is 37.6 Å². The average molecular weight is 276 g/mol. The number of carbonyl (C=O) groups excluding carboxylic acids is 1. The summed E-state index contributed by atoms with van der Waals surface area (Å²) in [6, 6.07) is 7.64. The highest BCUT2D eigenvalue weighted by Gasteiger charge is 2.06. The molecular weight excluding hydrogens is 259 g/mol. The highest BCUT2D eigenvalue weighted by atomic mass is 19.1. The predicted molar refractivity (Wildman–Crippen MR) is 73.7 cm³/mol. The van der Waals surface area contributed by atoms with E-state index in [4.69, 9.17) is 4.42 Å². The summed E-state index contributed by atoms with van der Waals surface area (Å²) < 4.78 is 18.1. The lowest BCUT2D eigenvalue weighted by atomic mass is 10.2. The van der Waals surface area contributed by atoms with Crippen LogP contribution in [-0.2, 0) is 13.1 Å². The summed E-state index contributed by atoms with van der Waals surface area (Å²) in [6.07, 6.45) is 0. The van der Waals surface area contributed by atoms with Crippen LogP contribution in [0, 0.1) is 19.7 Å². The van der Waals surface area contributed by atoms with Crippen LogP contribution in [0.5, 0.6) is 0 Å². The zero-order valence-corrected chi connectivity index (χ0v) is 11.5. The number of hydrogen-bond donors (Lipinski definition) is 2. The van der Waals surface area contributed by atoms with Gasteiger partial charge in [0.1, 0.15) is 17.3 Å². The Balaban J connectivity index is 1.78. The molecule has 0 aliphatic rings. The minimum Gasteiger partial charge on any atom is -0.466 e. The van der Waals surface area contributed by atoms with Gasteiger partial charge in [0.05, 0.1) is 0 Å². The van der Waals surface area contributed by atoms with Gasteiger partial charge >= 0.3 is 6.03 Å². The number of aryl methyl sites for hydroxylation is 2. The average Bonchev–Trinajstić information content (AvgIpc) is 2.74. The minimum absolute atomic E-state index is 0.271. The molecule has 1 aromatic carbocycles. The molecule has 0 unspecified atom stereocenters. The van der Waals surface area contributed by atoms with Gasteiger partial charge in [0.15, 0.2) is 0 Å². The van der Waals surface area contributed by atoms with Crippen LogP contribution in [0.4, 0.5) is 9.18 Å². The Kier molecular flexibility index (Phi) is 4.40. The smallest absolute Gasteiger partial charge is 0.315 e. The number of furan rings is 1. The Hall–Kier alpha value is -2.30. The molecule has 0 saturated heterocycles. The quantitative estimate of drug-likeness (QED) is 0.901. The fraction of sp³-hybridized carbons (Fsp3) is 0.267. The molecule has 2 amide bonds. The molecule has 1 heterocycles. The summed E-state index contributed by atoms with van der Waals surface area (Å²) in [7, 11) is 0. The van der Waals surface area contributed by atoms with E-state index < -0.39 is 0 Å². The second-order valence-corrected chi connectivity index (χ2v) is 4.60. The predicted octanol–water partition coefficient (Wildman–Crippen LogP) is 3.03. The monoisotopic (exact) mass is 276 g/mol. The lowest BCUT2D eigenvalue weighted by Crippen LogP contribution is -2.34. The Morgan fingerprint density at radius 2 is 1.80 bits per heavy atom. The van der Waals surface area contributed by atoms with Crippen molar-refractivity contribution in [1.29, 1.82) is 0 Å². The largest absolute Gasteiger partial charge is 0.466 e. The maximum Gasteiger partial charge on any atom is 0.315 e. The number of nitrogens with one attached hydrogen (secondary N) is 2. The lowest BCUT2D eigenvalue weighted by Gasteiger charge is -2.07. The maximum atomic E-state index is 12.7. The summed E-state index contributed by atoms with van der Waals surface area (Å²) in [5.74, 6) is 1.34. The molecule has 0 atom stereocenters. The van der Waals surface area contributed by atoms with Crippen LogP contribution >= 0.6 is 0 Å². The molecule has 2 N–H and O–H groups in total. The van der Waals surface area contributed by atoms with Gasteiger partial charge in [-0.3, -0.25) is 0 Å². The Labute approximate surface area is 117 Å². The molecule has 5 heteroatoms. The van der Waals surface area contributed by atoms with E-state index in [-0.39, 0.29) is 11.8 Å². The van der Waals surface area contributed by atoms with Gasteiger partial charge < -0.3 is 15.1 Å². The summed E-state index contributed by atoms with van der Waals surface area (Å²) in [4.78, 5) is 11.6. The second-order valence-electron chi connectivity index (χ2n) is 4.60. The van der Waals surface area contributed by atoms with Crippen LogP contribution in [0.25, 0.3) is 0 Å². The van der Waals surface area contributed by atoms with Crippen LogP contribution in [-0.4, -0.2) is 6.03 Å². The SMILES string of the molecule is Cc1cc(CNC(=O)NCc2ccc(F)cc2)c(C)o1. The van der Waals surface area contributed by atoms with Crippen LogP contribution in [0.1, 0.15) is 22.6 Å².